The summed E-state index contributed by atoms with van der Waals surface area (Å²) in [7, 11) is 1.58. The summed E-state index contributed by atoms with van der Waals surface area (Å²) in [6.07, 6.45) is 13.4. The van der Waals surface area contributed by atoms with Gasteiger partial charge < -0.3 is 29.7 Å². The van der Waals surface area contributed by atoms with Crippen LogP contribution >= 0.6 is 0 Å². The van der Waals surface area contributed by atoms with E-state index < -0.39 is 42.3 Å². The third-order valence-corrected chi connectivity index (χ3v) is 9.91. The van der Waals surface area contributed by atoms with Crippen molar-refractivity contribution in [2.24, 2.45) is 11.8 Å². The zero-order valence-corrected chi connectivity index (χ0v) is 27.3. The molecule has 1 aromatic rings. The third-order valence-electron chi connectivity index (χ3n) is 9.91. The van der Waals surface area contributed by atoms with Crippen molar-refractivity contribution in [2.45, 2.75) is 115 Å². The summed E-state index contributed by atoms with van der Waals surface area (Å²) in [6, 6.07) is 2.01. The number of anilines is 1. The number of hydrogen-bond acceptors (Lipinski definition) is 8. The molecule has 2 fully saturated rings. The lowest BCUT2D eigenvalue weighted by Gasteiger charge is -2.39. The number of carbonyl (C=O) groups is 3. The summed E-state index contributed by atoms with van der Waals surface area (Å²) in [5, 5.41) is 24.8. The summed E-state index contributed by atoms with van der Waals surface area (Å²) in [4.78, 5) is 40.8. The van der Waals surface area contributed by atoms with Crippen LogP contribution in [0.4, 0.5) is 5.69 Å². The van der Waals surface area contributed by atoms with E-state index in [0.717, 1.165) is 43.2 Å². The van der Waals surface area contributed by atoms with Crippen LogP contribution in [0.25, 0.3) is 0 Å². The molecule has 2 amide bonds. The molecule has 3 N–H and O–H groups in total. The Morgan fingerprint density at radius 3 is 2.63 bits per heavy atom. The zero-order chi connectivity index (χ0) is 33.0. The first-order valence-corrected chi connectivity index (χ1v) is 16.6. The molecule has 250 valence electrons. The zero-order valence-electron chi connectivity index (χ0n) is 27.3. The largest absolute Gasteiger partial charge is 0.508 e. The van der Waals surface area contributed by atoms with Crippen LogP contribution < -0.4 is 15.0 Å². The third kappa shape index (κ3) is 7.33. The number of phenolic OH excluding ortho intramolecular Hbond substituents is 1. The molecule has 0 spiro atoms. The Labute approximate surface area is 271 Å². The highest BCUT2D eigenvalue weighted by Crippen LogP contribution is 2.46. The minimum atomic E-state index is -0.880. The highest BCUT2D eigenvalue weighted by atomic mass is 16.5. The number of aromatic hydroxyl groups is 1. The molecule has 46 heavy (non-hydrogen) atoms. The Hall–Kier alpha value is -3.63. The molecule has 3 heterocycles. The summed E-state index contributed by atoms with van der Waals surface area (Å²) >= 11 is 0. The van der Waals surface area contributed by atoms with Gasteiger partial charge in [0.1, 0.15) is 35.8 Å². The van der Waals surface area contributed by atoms with Crippen LogP contribution in [0.15, 0.2) is 48.1 Å². The van der Waals surface area contributed by atoms with E-state index in [1.54, 1.807) is 31.1 Å². The van der Waals surface area contributed by atoms with Gasteiger partial charge in [-0.3, -0.25) is 14.5 Å². The van der Waals surface area contributed by atoms with E-state index in [0.29, 0.717) is 30.7 Å². The van der Waals surface area contributed by atoms with E-state index in [1.165, 1.54) is 0 Å². The fraction of sp³-hybridized carbons (Fsp3) is 0.583. The van der Waals surface area contributed by atoms with Gasteiger partial charge in [0.15, 0.2) is 0 Å². The molecule has 1 aliphatic carbocycles. The van der Waals surface area contributed by atoms with Crippen molar-refractivity contribution in [3.63, 3.8) is 0 Å². The Morgan fingerprint density at radius 2 is 1.89 bits per heavy atom. The number of amides is 2. The molecule has 1 saturated heterocycles. The van der Waals surface area contributed by atoms with Crippen LogP contribution in [0.5, 0.6) is 11.5 Å². The van der Waals surface area contributed by atoms with E-state index in [1.807, 2.05) is 44.2 Å². The first-order chi connectivity index (χ1) is 22.1. The Bertz CT molecular complexity index is 1380. The quantitative estimate of drug-likeness (QED) is 0.314. The Balaban J connectivity index is 1.38. The van der Waals surface area contributed by atoms with Crippen LogP contribution in [0, 0.1) is 11.8 Å². The lowest BCUT2D eigenvalue weighted by molar-refractivity contribution is -0.156. The molecular formula is C36H48N2O8. The number of phenols is 1. The van der Waals surface area contributed by atoms with Crippen molar-refractivity contribution in [1.29, 1.82) is 0 Å². The van der Waals surface area contributed by atoms with Crippen molar-refractivity contribution in [1.82, 2.24) is 5.32 Å². The number of benzene rings is 1. The van der Waals surface area contributed by atoms with Crippen molar-refractivity contribution in [2.75, 3.05) is 12.0 Å². The number of fused-ring (bicyclic) bond motifs is 4. The molecule has 3 aliphatic heterocycles. The number of nitrogens with one attached hydrogen (secondary N) is 1. The normalized spacial score (nSPS) is 31.2. The van der Waals surface area contributed by atoms with Gasteiger partial charge in [0.2, 0.25) is 11.8 Å². The van der Waals surface area contributed by atoms with Gasteiger partial charge in [0, 0.05) is 37.0 Å². The first kappa shape index (κ1) is 33.7. The highest BCUT2D eigenvalue weighted by molar-refractivity contribution is 5.99. The number of methoxy groups -OCH3 is 1. The van der Waals surface area contributed by atoms with Crippen molar-refractivity contribution < 1.29 is 38.8 Å². The van der Waals surface area contributed by atoms with E-state index in [-0.39, 0.29) is 36.0 Å². The summed E-state index contributed by atoms with van der Waals surface area (Å²) in [5.41, 5.74) is 2.02. The fourth-order valence-corrected chi connectivity index (χ4v) is 7.15. The maximum absolute atomic E-state index is 13.2. The summed E-state index contributed by atoms with van der Waals surface area (Å²) in [6.45, 7) is 5.34. The number of allylic oxidation sites excluding steroid dienone is 3. The average molecular weight is 637 g/mol. The molecule has 2 bridgehead atoms. The predicted octanol–water partition coefficient (Wildman–Crippen LogP) is 4.66. The molecule has 0 radical (unpaired) electrons. The minimum absolute atomic E-state index is 0.0410. The number of rotatable bonds is 5. The Kier molecular flexibility index (Phi) is 10.9. The van der Waals surface area contributed by atoms with Gasteiger partial charge in [-0.25, -0.2) is 4.79 Å². The number of ether oxygens (including phenoxy) is 3. The molecule has 10 nitrogen and oxygen atoms in total. The van der Waals surface area contributed by atoms with E-state index in [2.05, 4.69) is 5.32 Å². The highest BCUT2D eigenvalue weighted by Gasteiger charge is 2.49. The molecule has 0 aromatic heterocycles. The second-order valence-electron chi connectivity index (χ2n) is 13.1. The standard InChI is InChI=1S/C36H48N2O8/c1-21-12-11-15-25-18-26(39)19-27-34(25)45-29(32-30(44-4)20-31(40)38(27)32)17-10-6-9-16-28(22(2)33(21)41)46-36(43)23(3)37-35(42)24-13-7-5-8-14-24/h6,9-10,12,17-19,22-24,28-30,32-33,39,41H,5,7-8,11,13-16,20H2,1-4H3,(H,37,42)/b9-6+,17-10?,21-12-. The van der Waals surface area contributed by atoms with Crippen LogP contribution in [-0.4, -0.2) is 71.6 Å². The van der Waals surface area contributed by atoms with Gasteiger partial charge in [-0.05, 0) is 57.2 Å². The first-order valence-electron chi connectivity index (χ1n) is 16.6. The second kappa shape index (κ2) is 14.9. The molecule has 4 aliphatic rings. The van der Waals surface area contributed by atoms with E-state index in [4.69, 9.17) is 14.2 Å². The monoisotopic (exact) mass is 636 g/mol. The minimum Gasteiger partial charge on any atom is -0.508 e. The van der Waals surface area contributed by atoms with Gasteiger partial charge in [0.05, 0.1) is 24.3 Å². The maximum atomic E-state index is 13.2. The van der Waals surface area contributed by atoms with E-state index >= 15 is 0 Å². The number of carbonyl (C=O) groups excluding carboxylic acids is 3. The lowest BCUT2D eigenvalue weighted by Crippen LogP contribution is -2.51. The average Bonchev–Trinajstić information content (AvgIpc) is 3.39. The van der Waals surface area contributed by atoms with Crippen LogP contribution in [0.1, 0.15) is 77.7 Å². The lowest BCUT2D eigenvalue weighted by atomic mass is 9.88. The number of hydrogen-bond donors (Lipinski definition) is 3. The van der Waals surface area contributed by atoms with E-state index in [9.17, 15) is 24.6 Å². The molecule has 1 saturated carbocycles. The number of aliphatic hydroxyl groups is 1. The summed E-state index contributed by atoms with van der Waals surface area (Å²) in [5.74, 6) is -0.638. The van der Waals surface area contributed by atoms with Gasteiger partial charge in [-0.2, -0.15) is 0 Å². The number of nitrogens with zero attached hydrogens (tertiary/aromatic N) is 1. The fourth-order valence-electron chi connectivity index (χ4n) is 7.15. The second-order valence-corrected chi connectivity index (χ2v) is 13.1. The SMILES string of the molecule is COC1CC(=O)N2c3cc(O)cc4c3OC(C=C/C=C/CC(OC(=O)C(C)NC(=O)C3CCCCC3)C(C)C(O)/C(C)=C\CC4)C12. The van der Waals surface area contributed by atoms with Crippen molar-refractivity contribution in [3.05, 3.63) is 53.6 Å². The van der Waals surface area contributed by atoms with Crippen LogP contribution in [0.2, 0.25) is 0 Å². The number of aliphatic hydroxyl groups excluding tert-OH is 1. The molecule has 7 unspecified atom stereocenters. The molecule has 1 aromatic carbocycles. The van der Waals surface area contributed by atoms with Gasteiger partial charge in [-0.15, -0.1) is 0 Å². The smallest absolute Gasteiger partial charge is 0.328 e. The van der Waals surface area contributed by atoms with Crippen molar-refractivity contribution >= 4 is 23.5 Å². The maximum Gasteiger partial charge on any atom is 0.328 e. The number of esters is 1. The topological polar surface area (TPSA) is 135 Å². The van der Waals surface area contributed by atoms with Gasteiger partial charge >= 0.3 is 5.97 Å². The molecule has 10 heteroatoms. The van der Waals surface area contributed by atoms with Crippen molar-refractivity contribution in [3.8, 4) is 11.5 Å². The molecular weight excluding hydrogens is 588 g/mol. The molecule has 5 rings (SSSR count). The van der Waals surface area contributed by atoms with Crippen LogP contribution in [-0.2, 0) is 30.3 Å². The van der Waals surface area contributed by atoms with Crippen LogP contribution in [0.3, 0.4) is 0 Å². The van der Waals surface area contributed by atoms with Gasteiger partial charge in [-0.1, -0.05) is 50.5 Å². The predicted molar refractivity (Wildman–Crippen MR) is 173 cm³/mol. The number of aryl methyl sites for hydroxylation is 1. The summed E-state index contributed by atoms with van der Waals surface area (Å²) < 4.78 is 18.2. The van der Waals surface area contributed by atoms with Gasteiger partial charge in [0.25, 0.3) is 0 Å². The molecule has 7 atom stereocenters. The Morgan fingerprint density at radius 1 is 1.13 bits per heavy atom.